The van der Waals surface area contributed by atoms with Gasteiger partial charge in [-0.25, -0.2) is 4.98 Å². The van der Waals surface area contributed by atoms with Crippen LogP contribution < -0.4 is 5.32 Å². The van der Waals surface area contributed by atoms with Gasteiger partial charge in [0.15, 0.2) is 0 Å². The van der Waals surface area contributed by atoms with Gasteiger partial charge in [0.05, 0.1) is 23.6 Å². The van der Waals surface area contributed by atoms with Crippen LogP contribution in [-0.4, -0.2) is 62.9 Å². The number of aromatic amines is 1. The van der Waals surface area contributed by atoms with Crippen LogP contribution in [0.2, 0.25) is 5.02 Å². The molecule has 0 spiro atoms. The van der Waals surface area contributed by atoms with Crippen LogP contribution in [0.1, 0.15) is 39.4 Å². The molecule has 2 saturated heterocycles. The first-order valence-corrected chi connectivity index (χ1v) is 10.1. The normalized spacial score (nSPS) is 23.9. The number of imidazole rings is 1. The molecule has 2 aliphatic heterocycles. The highest BCUT2D eigenvalue weighted by molar-refractivity contribution is 6.34. The van der Waals surface area contributed by atoms with Gasteiger partial charge in [0.1, 0.15) is 11.3 Å². The summed E-state index contributed by atoms with van der Waals surface area (Å²) in [7, 11) is 0. The zero-order valence-electron chi connectivity index (χ0n) is 16.3. The lowest BCUT2D eigenvalue weighted by Gasteiger charge is -2.40. The molecule has 2 aromatic rings. The third-order valence-corrected chi connectivity index (χ3v) is 5.74. The lowest BCUT2D eigenvalue weighted by Crippen LogP contribution is -2.56. The second-order valence-electron chi connectivity index (χ2n) is 8.87. The molecule has 27 heavy (non-hydrogen) atoms. The van der Waals surface area contributed by atoms with Crippen LogP contribution in [0.4, 0.5) is 0 Å². The molecule has 1 aromatic carbocycles. The van der Waals surface area contributed by atoms with E-state index in [1.807, 2.05) is 39.0 Å². The molecule has 7 heteroatoms. The smallest absolute Gasteiger partial charge is 0.234 e. The van der Waals surface area contributed by atoms with Crippen molar-refractivity contribution in [3.63, 3.8) is 0 Å². The number of rotatable bonds is 4. The van der Waals surface area contributed by atoms with E-state index in [9.17, 15) is 4.79 Å². The monoisotopic (exact) mass is 389 g/mol. The fraction of sp³-hybridized carbons (Fsp3) is 0.600. The number of carbonyl (C=O) groups is 1. The first-order chi connectivity index (χ1) is 12.8. The molecule has 0 saturated carbocycles. The van der Waals surface area contributed by atoms with Crippen molar-refractivity contribution >= 4 is 28.5 Å². The van der Waals surface area contributed by atoms with E-state index in [-0.39, 0.29) is 11.4 Å². The Balaban J connectivity index is 1.39. The van der Waals surface area contributed by atoms with E-state index in [4.69, 9.17) is 11.6 Å². The molecule has 2 atom stereocenters. The van der Waals surface area contributed by atoms with Crippen molar-refractivity contribution in [3.8, 4) is 0 Å². The molecule has 2 aliphatic rings. The molecule has 3 heterocycles. The summed E-state index contributed by atoms with van der Waals surface area (Å²) in [4.78, 5) is 25.3. The van der Waals surface area contributed by atoms with Crippen molar-refractivity contribution in [2.24, 2.45) is 0 Å². The highest BCUT2D eigenvalue weighted by Crippen LogP contribution is 2.31. The third-order valence-electron chi connectivity index (χ3n) is 5.44. The molecular weight excluding hydrogens is 362 g/mol. The number of nitrogens with one attached hydrogen (secondary N) is 2. The van der Waals surface area contributed by atoms with Crippen molar-refractivity contribution in [2.75, 3.05) is 19.6 Å². The van der Waals surface area contributed by atoms with Crippen molar-refractivity contribution in [3.05, 3.63) is 29.0 Å². The highest BCUT2D eigenvalue weighted by Gasteiger charge is 2.40. The fourth-order valence-corrected chi connectivity index (χ4v) is 4.64. The number of benzene rings is 1. The molecule has 2 fully saturated rings. The Morgan fingerprint density at radius 2 is 2.00 bits per heavy atom. The summed E-state index contributed by atoms with van der Waals surface area (Å²) < 4.78 is 0. The number of piperazine rings is 1. The summed E-state index contributed by atoms with van der Waals surface area (Å²) in [5.74, 6) is 1.08. The molecule has 0 radical (unpaired) electrons. The van der Waals surface area contributed by atoms with E-state index < -0.39 is 0 Å². The predicted octanol–water partition coefficient (Wildman–Crippen LogP) is 2.78. The van der Waals surface area contributed by atoms with Gasteiger partial charge in [0.25, 0.3) is 0 Å². The number of carbonyl (C=O) groups excluding carboxylic acids is 1. The Morgan fingerprint density at radius 1 is 1.30 bits per heavy atom. The van der Waals surface area contributed by atoms with E-state index in [1.54, 1.807) is 0 Å². The molecule has 146 valence electrons. The van der Waals surface area contributed by atoms with Gasteiger partial charge in [-0.2, -0.15) is 0 Å². The van der Waals surface area contributed by atoms with Crippen LogP contribution in [0.5, 0.6) is 0 Å². The summed E-state index contributed by atoms with van der Waals surface area (Å²) in [6.45, 7) is 9.32. The van der Waals surface area contributed by atoms with Gasteiger partial charge in [-0.05, 0) is 45.7 Å². The fourth-order valence-electron chi connectivity index (χ4n) is 4.42. The standard InChI is InChI=1S/C20H28ClN5O/c1-20(2,3)24-18(27)12-26-13-7-8-14(26)10-25(9-13)11-17-22-16-6-4-5-15(21)19(16)23-17/h4-6,13-14H,7-12H2,1-3H3,(H,22,23)(H,24,27). The zero-order valence-corrected chi connectivity index (χ0v) is 17.0. The molecule has 2 N–H and O–H groups in total. The molecule has 4 rings (SSSR count). The summed E-state index contributed by atoms with van der Waals surface area (Å²) in [5, 5.41) is 3.77. The Labute approximate surface area is 165 Å². The van der Waals surface area contributed by atoms with Gasteiger partial charge in [0, 0.05) is 30.7 Å². The number of halogens is 1. The molecule has 2 bridgehead atoms. The summed E-state index contributed by atoms with van der Waals surface area (Å²) in [6.07, 6.45) is 2.33. The lowest BCUT2D eigenvalue weighted by molar-refractivity contribution is -0.125. The van der Waals surface area contributed by atoms with Crippen LogP contribution in [0.3, 0.4) is 0 Å². The van der Waals surface area contributed by atoms with Gasteiger partial charge in [-0.1, -0.05) is 17.7 Å². The first-order valence-electron chi connectivity index (χ1n) is 9.71. The van der Waals surface area contributed by atoms with E-state index in [0.717, 1.165) is 49.3 Å². The largest absolute Gasteiger partial charge is 0.350 e. The van der Waals surface area contributed by atoms with Gasteiger partial charge in [0.2, 0.25) is 5.91 Å². The molecule has 6 nitrogen and oxygen atoms in total. The van der Waals surface area contributed by atoms with E-state index in [2.05, 4.69) is 25.1 Å². The number of H-pyrrole nitrogens is 1. The van der Waals surface area contributed by atoms with Crippen molar-refractivity contribution in [2.45, 2.75) is 57.8 Å². The Morgan fingerprint density at radius 3 is 2.63 bits per heavy atom. The van der Waals surface area contributed by atoms with Gasteiger partial charge in [-0.3, -0.25) is 14.6 Å². The average Bonchev–Trinajstić information content (AvgIpc) is 3.05. The Kier molecular flexibility index (Phi) is 4.91. The molecule has 0 aliphatic carbocycles. The minimum absolute atomic E-state index is 0.125. The van der Waals surface area contributed by atoms with Gasteiger partial charge in [-0.15, -0.1) is 0 Å². The molecular formula is C20H28ClN5O. The third kappa shape index (κ3) is 4.13. The van der Waals surface area contributed by atoms with Crippen molar-refractivity contribution in [1.29, 1.82) is 0 Å². The Bertz CT molecular complexity index is 828. The van der Waals surface area contributed by atoms with E-state index in [1.165, 1.54) is 0 Å². The maximum absolute atomic E-state index is 12.4. The number of para-hydroxylation sites is 1. The minimum atomic E-state index is -0.180. The highest BCUT2D eigenvalue weighted by atomic mass is 35.5. The number of aromatic nitrogens is 2. The molecule has 2 unspecified atom stereocenters. The number of nitrogens with zero attached hydrogens (tertiary/aromatic N) is 3. The average molecular weight is 390 g/mol. The zero-order chi connectivity index (χ0) is 19.2. The van der Waals surface area contributed by atoms with Crippen LogP contribution in [0, 0.1) is 0 Å². The number of likely N-dealkylation sites (tertiary alicyclic amines) is 1. The minimum Gasteiger partial charge on any atom is -0.350 e. The predicted molar refractivity (Wildman–Crippen MR) is 108 cm³/mol. The van der Waals surface area contributed by atoms with Crippen LogP contribution in [0.15, 0.2) is 18.2 Å². The SMILES string of the molecule is CC(C)(C)NC(=O)CN1C2CCC1CN(Cc1nc3c(Cl)cccc3[nH]1)C2. The summed E-state index contributed by atoms with van der Waals surface area (Å²) >= 11 is 6.24. The van der Waals surface area contributed by atoms with Crippen LogP contribution in [-0.2, 0) is 11.3 Å². The van der Waals surface area contributed by atoms with Crippen LogP contribution in [0.25, 0.3) is 11.0 Å². The quantitative estimate of drug-likeness (QED) is 0.843. The second-order valence-corrected chi connectivity index (χ2v) is 9.28. The molecule has 1 amide bonds. The Hall–Kier alpha value is -1.63. The second kappa shape index (κ2) is 7.08. The number of fused-ring (bicyclic) bond motifs is 3. The van der Waals surface area contributed by atoms with Crippen molar-refractivity contribution < 1.29 is 4.79 Å². The summed E-state index contributed by atoms with van der Waals surface area (Å²) in [6, 6.07) is 6.71. The maximum Gasteiger partial charge on any atom is 0.234 e. The first kappa shape index (κ1) is 18.7. The number of hydrogen-bond acceptors (Lipinski definition) is 4. The van der Waals surface area contributed by atoms with Crippen LogP contribution >= 0.6 is 11.6 Å². The number of hydrogen-bond donors (Lipinski definition) is 2. The van der Waals surface area contributed by atoms with Gasteiger partial charge < -0.3 is 10.3 Å². The maximum atomic E-state index is 12.4. The lowest BCUT2D eigenvalue weighted by atomic mass is 10.1. The van der Waals surface area contributed by atoms with E-state index >= 15 is 0 Å². The number of amides is 1. The van der Waals surface area contributed by atoms with Gasteiger partial charge >= 0.3 is 0 Å². The topological polar surface area (TPSA) is 64.3 Å². The summed E-state index contributed by atoms with van der Waals surface area (Å²) in [5.41, 5.74) is 1.65. The van der Waals surface area contributed by atoms with E-state index in [0.29, 0.717) is 23.7 Å². The van der Waals surface area contributed by atoms with Crippen molar-refractivity contribution in [1.82, 2.24) is 25.1 Å². The molecule has 1 aromatic heterocycles.